The molecule has 0 fully saturated rings. The quantitative estimate of drug-likeness (QED) is 0.170. The molecule has 10 nitrogen and oxygen atoms in total. The SMILES string of the molecule is C.C[C@@H](O)[C@H](NC(=O)c1ccc(-c2ccc(CCNC(=O)[C@@H](N)CCCN)cc2)cc1)C(=O)NO. The van der Waals surface area contributed by atoms with Crippen LogP contribution in [0.1, 0.15) is 43.1 Å². The normalized spacial score (nSPS) is 13.1. The number of rotatable bonds is 12. The van der Waals surface area contributed by atoms with Crippen LogP contribution in [0.2, 0.25) is 0 Å². The van der Waals surface area contributed by atoms with Gasteiger partial charge in [0.15, 0.2) is 0 Å². The van der Waals surface area contributed by atoms with Crippen molar-refractivity contribution in [1.29, 1.82) is 0 Å². The van der Waals surface area contributed by atoms with Crippen LogP contribution in [0.15, 0.2) is 48.5 Å². The van der Waals surface area contributed by atoms with Crippen LogP contribution in [0.3, 0.4) is 0 Å². The minimum atomic E-state index is -1.28. The minimum absolute atomic E-state index is 0. The van der Waals surface area contributed by atoms with Crippen LogP contribution in [0.4, 0.5) is 0 Å². The van der Waals surface area contributed by atoms with E-state index in [9.17, 15) is 19.5 Å². The summed E-state index contributed by atoms with van der Waals surface area (Å²) >= 11 is 0. The van der Waals surface area contributed by atoms with Crippen LogP contribution in [0.5, 0.6) is 0 Å². The summed E-state index contributed by atoms with van der Waals surface area (Å²) < 4.78 is 0. The van der Waals surface area contributed by atoms with Crippen molar-refractivity contribution in [3.8, 4) is 11.1 Å². The number of hydroxylamine groups is 1. The molecule has 0 aliphatic rings. The summed E-state index contributed by atoms with van der Waals surface area (Å²) in [4.78, 5) is 35.9. The van der Waals surface area contributed by atoms with Gasteiger partial charge in [0.2, 0.25) is 5.91 Å². The van der Waals surface area contributed by atoms with Crippen LogP contribution >= 0.6 is 0 Å². The van der Waals surface area contributed by atoms with E-state index in [2.05, 4.69) is 10.6 Å². The molecule has 0 bridgehead atoms. The molecule has 0 saturated carbocycles. The summed E-state index contributed by atoms with van der Waals surface area (Å²) in [5.74, 6) is -1.64. The zero-order valence-corrected chi connectivity index (χ0v) is 19.2. The lowest BCUT2D eigenvalue weighted by Crippen LogP contribution is -2.51. The number of hydrogen-bond donors (Lipinski definition) is 7. The van der Waals surface area contributed by atoms with Crippen molar-refractivity contribution in [2.24, 2.45) is 11.5 Å². The topological polar surface area (TPSA) is 180 Å². The van der Waals surface area contributed by atoms with Gasteiger partial charge in [0.05, 0.1) is 12.1 Å². The van der Waals surface area contributed by atoms with E-state index in [1.54, 1.807) is 24.3 Å². The molecule has 192 valence electrons. The van der Waals surface area contributed by atoms with E-state index in [-0.39, 0.29) is 13.3 Å². The summed E-state index contributed by atoms with van der Waals surface area (Å²) in [6.45, 7) is 2.33. The van der Waals surface area contributed by atoms with E-state index in [0.717, 1.165) is 16.7 Å². The Bertz CT molecular complexity index is 948. The third-order valence-electron chi connectivity index (χ3n) is 5.36. The highest BCUT2D eigenvalue weighted by Crippen LogP contribution is 2.20. The summed E-state index contributed by atoms with van der Waals surface area (Å²) in [6, 6.07) is 12.8. The Morgan fingerprint density at radius 3 is 2.06 bits per heavy atom. The van der Waals surface area contributed by atoms with Crippen LogP contribution in [-0.4, -0.2) is 59.3 Å². The Morgan fingerprint density at radius 1 is 0.971 bits per heavy atom. The molecule has 2 rings (SSSR count). The second kappa shape index (κ2) is 14.8. The lowest BCUT2D eigenvalue weighted by molar-refractivity contribution is -0.133. The van der Waals surface area contributed by atoms with Gasteiger partial charge in [-0.05, 0) is 61.6 Å². The van der Waals surface area contributed by atoms with E-state index < -0.39 is 30.0 Å². The van der Waals surface area contributed by atoms with Crippen molar-refractivity contribution in [1.82, 2.24) is 16.1 Å². The maximum atomic E-state index is 12.4. The summed E-state index contributed by atoms with van der Waals surface area (Å²) in [5, 5.41) is 23.6. The Kier molecular flexibility index (Phi) is 12.6. The first kappa shape index (κ1) is 29.7. The first-order valence-corrected chi connectivity index (χ1v) is 11.1. The first-order valence-electron chi connectivity index (χ1n) is 11.1. The standard InChI is InChI=1S/C24H33N5O5.CH4/c1-15(30)21(24(33)29-34)28-22(31)19-10-8-18(9-11-19)17-6-4-16(5-7-17)12-14-27-23(32)20(26)3-2-13-25;/h4-11,15,20-21,30,34H,2-3,12-14,25-26H2,1H3,(H,27,32)(H,28,31)(H,29,33);1H4/t15-,20+,21+;/m1./s1. The van der Waals surface area contributed by atoms with Gasteiger partial charge >= 0.3 is 0 Å². The van der Waals surface area contributed by atoms with Crippen LogP contribution in [-0.2, 0) is 16.0 Å². The third kappa shape index (κ3) is 9.10. The van der Waals surface area contributed by atoms with Crippen molar-refractivity contribution in [2.45, 2.75) is 51.8 Å². The molecule has 3 amide bonds. The number of aliphatic hydroxyl groups excluding tert-OH is 1. The zero-order chi connectivity index (χ0) is 25.1. The summed E-state index contributed by atoms with van der Waals surface area (Å²) in [6.07, 6.45) is 0.762. The van der Waals surface area contributed by atoms with E-state index in [1.165, 1.54) is 12.4 Å². The van der Waals surface area contributed by atoms with Gasteiger partial charge in [-0.3, -0.25) is 19.6 Å². The average molecular weight is 488 g/mol. The lowest BCUT2D eigenvalue weighted by atomic mass is 10.0. The van der Waals surface area contributed by atoms with E-state index in [0.29, 0.717) is 37.9 Å². The second-order valence-corrected chi connectivity index (χ2v) is 8.02. The molecular formula is C25H37N5O5. The molecule has 2 aromatic carbocycles. The van der Waals surface area contributed by atoms with Crippen LogP contribution in [0, 0.1) is 0 Å². The fourth-order valence-corrected chi connectivity index (χ4v) is 3.31. The van der Waals surface area contributed by atoms with Gasteiger partial charge in [-0.1, -0.05) is 43.8 Å². The number of aliphatic hydroxyl groups is 1. The molecule has 3 atom stereocenters. The highest BCUT2D eigenvalue weighted by atomic mass is 16.5. The molecule has 0 aromatic heterocycles. The van der Waals surface area contributed by atoms with Gasteiger partial charge < -0.3 is 27.2 Å². The smallest absolute Gasteiger partial charge is 0.268 e. The summed E-state index contributed by atoms with van der Waals surface area (Å²) in [7, 11) is 0. The largest absolute Gasteiger partial charge is 0.391 e. The van der Waals surface area contributed by atoms with E-state index >= 15 is 0 Å². The molecule has 10 heteroatoms. The molecule has 0 radical (unpaired) electrons. The monoisotopic (exact) mass is 487 g/mol. The Balaban J connectivity index is 0.00000612. The maximum absolute atomic E-state index is 12.4. The molecule has 2 aromatic rings. The molecule has 0 unspecified atom stereocenters. The maximum Gasteiger partial charge on any atom is 0.268 e. The fraction of sp³-hybridized carbons (Fsp3) is 0.400. The molecular weight excluding hydrogens is 450 g/mol. The van der Waals surface area contributed by atoms with Gasteiger partial charge in [0.1, 0.15) is 6.04 Å². The number of nitrogens with two attached hydrogens (primary N) is 2. The number of hydrogen-bond acceptors (Lipinski definition) is 7. The first-order chi connectivity index (χ1) is 16.3. The predicted molar refractivity (Wildman–Crippen MR) is 134 cm³/mol. The van der Waals surface area contributed by atoms with E-state index in [1.807, 2.05) is 24.3 Å². The number of nitrogens with one attached hydrogen (secondary N) is 3. The van der Waals surface area contributed by atoms with Crippen molar-refractivity contribution in [3.05, 3.63) is 59.7 Å². The second-order valence-electron chi connectivity index (χ2n) is 8.02. The predicted octanol–water partition coefficient (Wildman–Crippen LogP) is 0.699. The van der Waals surface area contributed by atoms with Crippen LogP contribution in [0.25, 0.3) is 11.1 Å². The van der Waals surface area contributed by atoms with Crippen molar-refractivity contribution in [2.75, 3.05) is 13.1 Å². The van der Waals surface area contributed by atoms with Gasteiger partial charge in [-0.15, -0.1) is 0 Å². The molecule has 0 heterocycles. The van der Waals surface area contributed by atoms with Crippen LogP contribution < -0.4 is 27.6 Å². The molecule has 35 heavy (non-hydrogen) atoms. The zero-order valence-electron chi connectivity index (χ0n) is 19.2. The highest BCUT2D eigenvalue weighted by molar-refractivity contribution is 5.98. The molecule has 9 N–H and O–H groups in total. The van der Waals surface area contributed by atoms with Gasteiger partial charge in [0, 0.05) is 12.1 Å². The lowest BCUT2D eigenvalue weighted by Gasteiger charge is -2.19. The Hall–Kier alpha value is -3.31. The highest BCUT2D eigenvalue weighted by Gasteiger charge is 2.25. The molecule has 0 aliphatic carbocycles. The number of carbonyl (C=O) groups is 3. The Morgan fingerprint density at radius 2 is 1.54 bits per heavy atom. The number of carbonyl (C=O) groups excluding carboxylic acids is 3. The van der Waals surface area contributed by atoms with Gasteiger partial charge in [-0.25, -0.2) is 5.48 Å². The average Bonchev–Trinajstić information content (AvgIpc) is 2.85. The number of amides is 3. The van der Waals surface area contributed by atoms with Crippen molar-refractivity contribution < 1.29 is 24.7 Å². The minimum Gasteiger partial charge on any atom is -0.391 e. The molecule has 0 saturated heterocycles. The molecule has 0 spiro atoms. The van der Waals surface area contributed by atoms with Gasteiger partial charge in [0.25, 0.3) is 11.8 Å². The van der Waals surface area contributed by atoms with Crippen molar-refractivity contribution in [3.63, 3.8) is 0 Å². The van der Waals surface area contributed by atoms with E-state index in [4.69, 9.17) is 16.7 Å². The number of benzene rings is 2. The fourth-order valence-electron chi connectivity index (χ4n) is 3.31. The third-order valence-corrected chi connectivity index (χ3v) is 5.36. The van der Waals surface area contributed by atoms with Crippen molar-refractivity contribution >= 4 is 17.7 Å². The van der Waals surface area contributed by atoms with Gasteiger partial charge in [-0.2, -0.15) is 0 Å². The molecule has 0 aliphatic heterocycles. The Labute approximate surface area is 206 Å². The summed E-state index contributed by atoms with van der Waals surface area (Å²) in [5.41, 5.74) is 15.9.